The van der Waals surface area contributed by atoms with Gasteiger partial charge in [-0.25, -0.2) is 0 Å². The van der Waals surface area contributed by atoms with Crippen molar-refractivity contribution in [2.24, 2.45) is 0 Å². The second-order valence-corrected chi connectivity index (χ2v) is 6.35. The molecule has 124 valence electrons. The lowest BCUT2D eigenvalue weighted by Crippen LogP contribution is -2.45. The van der Waals surface area contributed by atoms with Crippen LogP contribution in [-0.2, 0) is 17.8 Å². The van der Waals surface area contributed by atoms with E-state index < -0.39 is 0 Å². The molecular weight excluding hydrogens is 276 g/mol. The Morgan fingerprint density at radius 2 is 2.09 bits per heavy atom. The van der Waals surface area contributed by atoms with Crippen LogP contribution in [0.1, 0.15) is 49.6 Å². The fourth-order valence-corrected chi connectivity index (χ4v) is 3.42. The molecule has 1 aliphatic heterocycles. The fourth-order valence-electron chi connectivity index (χ4n) is 3.42. The molecule has 0 saturated carbocycles. The standard InChI is InChI=1S/C17H30N4O/c1-5-21-14(3)15(13(2)19-21)10-11-18-17(22)16-9-7-6-8-12-20(16)4/h16H,5-12H2,1-4H3,(H,18,22). The number of amides is 1. The van der Waals surface area contributed by atoms with Gasteiger partial charge in [-0.05, 0) is 59.2 Å². The summed E-state index contributed by atoms with van der Waals surface area (Å²) in [5.74, 6) is 0.183. The Morgan fingerprint density at radius 3 is 2.77 bits per heavy atom. The van der Waals surface area contributed by atoms with Crippen LogP contribution in [0, 0.1) is 13.8 Å². The van der Waals surface area contributed by atoms with E-state index in [1.807, 2.05) is 4.68 Å². The van der Waals surface area contributed by atoms with Crippen molar-refractivity contribution in [2.75, 3.05) is 20.1 Å². The number of carbonyl (C=O) groups excluding carboxylic acids is 1. The van der Waals surface area contributed by atoms with E-state index in [9.17, 15) is 4.79 Å². The van der Waals surface area contributed by atoms with E-state index in [4.69, 9.17) is 0 Å². The molecule has 0 radical (unpaired) electrons. The molecule has 5 heteroatoms. The summed E-state index contributed by atoms with van der Waals surface area (Å²) in [5.41, 5.74) is 3.58. The Bertz CT molecular complexity index is 509. The number of nitrogens with one attached hydrogen (secondary N) is 1. The van der Waals surface area contributed by atoms with Gasteiger partial charge >= 0.3 is 0 Å². The fraction of sp³-hybridized carbons (Fsp3) is 0.765. The highest BCUT2D eigenvalue weighted by Gasteiger charge is 2.24. The molecule has 1 aromatic rings. The average molecular weight is 306 g/mol. The van der Waals surface area contributed by atoms with Gasteiger partial charge in [-0.2, -0.15) is 5.10 Å². The zero-order valence-corrected chi connectivity index (χ0v) is 14.5. The maximum absolute atomic E-state index is 12.4. The number of hydrogen-bond donors (Lipinski definition) is 1. The number of rotatable bonds is 5. The van der Waals surface area contributed by atoms with Crippen LogP contribution >= 0.6 is 0 Å². The number of aromatic nitrogens is 2. The molecule has 1 N–H and O–H groups in total. The van der Waals surface area contributed by atoms with Crippen molar-refractivity contribution >= 4 is 5.91 Å². The van der Waals surface area contributed by atoms with Gasteiger partial charge in [0.1, 0.15) is 0 Å². The number of carbonyl (C=O) groups is 1. The number of aryl methyl sites for hydroxylation is 2. The zero-order valence-electron chi connectivity index (χ0n) is 14.5. The molecule has 1 saturated heterocycles. The van der Waals surface area contributed by atoms with Crippen molar-refractivity contribution in [1.29, 1.82) is 0 Å². The van der Waals surface area contributed by atoms with Crippen LogP contribution in [0.25, 0.3) is 0 Å². The average Bonchev–Trinajstić information content (AvgIpc) is 2.66. The van der Waals surface area contributed by atoms with E-state index in [0.29, 0.717) is 6.54 Å². The molecule has 22 heavy (non-hydrogen) atoms. The van der Waals surface area contributed by atoms with E-state index in [2.05, 4.69) is 43.1 Å². The zero-order chi connectivity index (χ0) is 16.1. The van der Waals surface area contributed by atoms with Gasteiger partial charge in [-0.1, -0.05) is 12.8 Å². The summed E-state index contributed by atoms with van der Waals surface area (Å²) < 4.78 is 2.03. The SMILES string of the molecule is CCn1nc(C)c(CCNC(=O)C2CCCCCN2C)c1C. The van der Waals surface area contributed by atoms with Crippen molar-refractivity contribution < 1.29 is 4.79 Å². The quantitative estimate of drug-likeness (QED) is 0.906. The van der Waals surface area contributed by atoms with Crippen LogP contribution in [-0.4, -0.2) is 46.8 Å². The first-order chi connectivity index (χ1) is 10.5. The maximum Gasteiger partial charge on any atom is 0.237 e. The van der Waals surface area contributed by atoms with Gasteiger partial charge in [0.2, 0.25) is 5.91 Å². The van der Waals surface area contributed by atoms with E-state index in [1.54, 1.807) is 0 Å². The van der Waals surface area contributed by atoms with Crippen LogP contribution in [0.2, 0.25) is 0 Å². The number of hydrogen-bond acceptors (Lipinski definition) is 3. The third kappa shape index (κ3) is 3.88. The minimum absolute atomic E-state index is 0.0445. The molecule has 1 atom stereocenters. The van der Waals surface area contributed by atoms with Gasteiger partial charge in [0.05, 0.1) is 11.7 Å². The van der Waals surface area contributed by atoms with Crippen molar-refractivity contribution in [3.05, 3.63) is 17.0 Å². The second-order valence-electron chi connectivity index (χ2n) is 6.35. The highest BCUT2D eigenvalue weighted by molar-refractivity contribution is 5.81. The lowest BCUT2D eigenvalue weighted by Gasteiger charge is -2.24. The molecule has 0 spiro atoms. The van der Waals surface area contributed by atoms with E-state index >= 15 is 0 Å². The summed E-state index contributed by atoms with van der Waals surface area (Å²) >= 11 is 0. The Balaban J connectivity index is 1.88. The Hall–Kier alpha value is -1.36. The predicted molar refractivity (Wildman–Crippen MR) is 89.0 cm³/mol. The van der Waals surface area contributed by atoms with E-state index in [-0.39, 0.29) is 11.9 Å². The Kier molecular flexibility index (Phi) is 6.00. The molecule has 2 rings (SSSR count). The smallest absolute Gasteiger partial charge is 0.237 e. The predicted octanol–water partition coefficient (Wildman–Crippen LogP) is 2.05. The molecule has 1 fully saturated rings. The first-order valence-corrected chi connectivity index (χ1v) is 8.55. The molecule has 1 amide bonds. The summed E-state index contributed by atoms with van der Waals surface area (Å²) in [7, 11) is 2.06. The summed E-state index contributed by atoms with van der Waals surface area (Å²) in [5, 5.41) is 7.66. The van der Waals surface area contributed by atoms with Crippen LogP contribution in [0.5, 0.6) is 0 Å². The van der Waals surface area contributed by atoms with Gasteiger partial charge in [-0.15, -0.1) is 0 Å². The van der Waals surface area contributed by atoms with Crippen molar-refractivity contribution in [3.8, 4) is 0 Å². The largest absolute Gasteiger partial charge is 0.354 e. The van der Waals surface area contributed by atoms with Gasteiger partial charge in [0.15, 0.2) is 0 Å². The molecule has 5 nitrogen and oxygen atoms in total. The van der Waals surface area contributed by atoms with Crippen molar-refractivity contribution in [3.63, 3.8) is 0 Å². The third-order valence-corrected chi connectivity index (χ3v) is 4.83. The lowest BCUT2D eigenvalue weighted by molar-refractivity contribution is -0.126. The monoisotopic (exact) mass is 306 g/mol. The minimum Gasteiger partial charge on any atom is -0.354 e. The Morgan fingerprint density at radius 1 is 1.32 bits per heavy atom. The molecule has 1 aliphatic rings. The molecule has 0 bridgehead atoms. The topological polar surface area (TPSA) is 50.2 Å². The van der Waals surface area contributed by atoms with Crippen LogP contribution in [0.3, 0.4) is 0 Å². The minimum atomic E-state index is 0.0445. The number of likely N-dealkylation sites (tertiary alicyclic amines) is 1. The van der Waals surface area contributed by atoms with Crippen LogP contribution in [0.4, 0.5) is 0 Å². The second kappa shape index (κ2) is 7.77. The van der Waals surface area contributed by atoms with Gasteiger partial charge < -0.3 is 5.32 Å². The van der Waals surface area contributed by atoms with Crippen LogP contribution < -0.4 is 5.32 Å². The van der Waals surface area contributed by atoms with E-state index in [1.165, 1.54) is 24.1 Å². The molecule has 0 aromatic carbocycles. The molecule has 1 unspecified atom stereocenters. The third-order valence-electron chi connectivity index (χ3n) is 4.83. The molecule has 0 aliphatic carbocycles. The van der Waals surface area contributed by atoms with Gasteiger partial charge in [0, 0.05) is 18.8 Å². The maximum atomic E-state index is 12.4. The van der Waals surface area contributed by atoms with E-state index in [0.717, 1.165) is 38.0 Å². The highest BCUT2D eigenvalue weighted by atomic mass is 16.2. The number of likely N-dealkylation sites (N-methyl/N-ethyl adjacent to an activating group) is 1. The summed E-state index contributed by atoms with van der Waals surface area (Å²) in [6.45, 7) is 8.88. The number of nitrogens with zero attached hydrogens (tertiary/aromatic N) is 3. The summed E-state index contributed by atoms with van der Waals surface area (Å²) in [6.07, 6.45) is 5.44. The van der Waals surface area contributed by atoms with Crippen molar-refractivity contribution in [1.82, 2.24) is 20.0 Å². The lowest BCUT2D eigenvalue weighted by atomic mass is 10.1. The van der Waals surface area contributed by atoms with Crippen molar-refractivity contribution in [2.45, 2.75) is 65.5 Å². The first-order valence-electron chi connectivity index (χ1n) is 8.55. The highest BCUT2D eigenvalue weighted by Crippen LogP contribution is 2.16. The normalized spacial score (nSPS) is 19.9. The van der Waals surface area contributed by atoms with Gasteiger partial charge in [-0.3, -0.25) is 14.4 Å². The molecular formula is C17H30N4O. The van der Waals surface area contributed by atoms with Gasteiger partial charge in [0.25, 0.3) is 0 Å². The Labute approximate surface area is 134 Å². The molecule has 2 heterocycles. The molecule has 1 aromatic heterocycles. The first kappa shape index (κ1) is 17.0. The van der Waals surface area contributed by atoms with Crippen LogP contribution in [0.15, 0.2) is 0 Å². The summed E-state index contributed by atoms with van der Waals surface area (Å²) in [4.78, 5) is 14.6. The summed E-state index contributed by atoms with van der Waals surface area (Å²) in [6, 6.07) is 0.0445.